The van der Waals surface area contributed by atoms with E-state index >= 15 is 0 Å². The Morgan fingerprint density at radius 3 is 2.21 bits per heavy atom. The number of nitriles is 1. The van der Waals surface area contributed by atoms with Gasteiger partial charge in [-0.15, -0.1) is 0 Å². The van der Waals surface area contributed by atoms with Crippen LogP contribution in [0.15, 0.2) is 84.4 Å². The number of carbonyl (C=O) groups excluding carboxylic acids is 1. The third-order valence-corrected chi connectivity index (χ3v) is 6.95. The van der Waals surface area contributed by atoms with Crippen LogP contribution in [0, 0.1) is 11.3 Å². The molecule has 1 amide bonds. The summed E-state index contributed by atoms with van der Waals surface area (Å²) in [5.41, 5.74) is 2.54. The van der Waals surface area contributed by atoms with Crippen molar-refractivity contribution >= 4 is 64.1 Å². The highest BCUT2D eigenvalue weighted by atomic mass is 35.5. The van der Waals surface area contributed by atoms with E-state index < -0.39 is 5.91 Å². The van der Waals surface area contributed by atoms with Crippen LogP contribution in [0.1, 0.15) is 23.6 Å². The minimum atomic E-state index is -0.587. The monoisotopic (exact) mass is 640 g/mol. The summed E-state index contributed by atoms with van der Waals surface area (Å²) < 4.78 is 17.5. The molecule has 0 aliphatic rings. The molecule has 0 spiro atoms. The Hall–Kier alpha value is -3.86. The van der Waals surface area contributed by atoms with E-state index in [0.717, 1.165) is 11.1 Å². The van der Waals surface area contributed by atoms with E-state index in [0.29, 0.717) is 50.2 Å². The first-order valence-electron chi connectivity index (χ1n) is 12.7. The third kappa shape index (κ3) is 8.58. The second-order valence-electron chi connectivity index (χ2n) is 8.85. The second-order valence-corrected chi connectivity index (χ2v) is 10.5. The molecule has 0 aliphatic carbocycles. The lowest BCUT2D eigenvalue weighted by Gasteiger charge is -2.15. The lowest BCUT2D eigenvalue weighted by molar-refractivity contribution is -0.112. The first-order valence-corrected chi connectivity index (χ1v) is 14.2. The van der Waals surface area contributed by atoms with Crippen LogP contribution in [0.4, 0.5) is 5.69 Å². The number of rotatable bonds is 11. The van der Waals surface area contributed by atoms with E-state index in [1.807, 2.05) is 25.1 Å². The van der Waals surface area contributed by atoms with Gasteiger partial charge in [-0.25, -0.2) is 0 Å². The highest BCUT2D eigenvalue weighted by molar-refractivity contribution is 6.35. The Balaban J connectivity index is 1.43. The number of nitrogens with zero attached hydrogens (tertiary/aromatic N) is 1. The predicted molar refractivity (Wildman–Crippen MR) is 168 cm³/mol. The molecule has 6 nitrogen and oxygen atoms in total. The van der Waals surface area contributed by atoms with Crippen molar-refractivity contribution in [2.24, 2.45) is 0 Å². The molecule has 10 heteroatoms. The summed E-state index contributed by atoms with van der Waals surface area (Å²) in [7, 11) is 0. The molecule has 4 aromatic carbocycles. The fraction of sp³-hybridized carbons (Fsp3) is 0.125. The molecule has 42 heavy (non-hydrogen) atoms. The molecule has 1 N–H and O–H groups in total. The van der Waals surface area contributed by atoms with Crippen molar-refractivity contribution in [3.63, 3.8) is 0 Å². The molecule has 4 aromatic rings. The molecule has 0 unspecified atom stereocenters. The Morgan fingerprint density at radius 2 is 1.55 bits per heavy atom. The number of amides is 1. The number of nitrogens with one attached hydrogen (secondary N) is 1. The van der Waals surface area contributed by atoms with Gasteiger partial charge in [0.25, 0.3) is 5.91 Å². The molecule has 0 bridgehead atoms. The van der Waals surface area contributed by atoms with Crippen LogP contribution in [0.3, 0.4) is 0 Å². The van der Waals surface area contributed by atoms with E-state index in [9.17, 15) is 10.1 Å². The van der Waals surface area contributed by atoms with Crippen LogP contribution >= 0.6 is 46.4 Å². The highest BCUT2D eigenvalue weighted by Crippen LogP contribution is 2.38. The molecule has 0 fully saturated rings. The van der Waals surface area contributed by atoms with Gasteiger partial charge in [0.15, 0.2) is 11.5 Å². The fourth-order valence-electron chi connectivity index (χ4n) is 3.76. The maximum absolute atomic E-state index is 12.9. The van der Waals surface area contributed by atoms with Gasteiger partial charge in [0.1, 0.15) is 30.6 Å². The molecule has 4 rings (SSSR count). The minimum Gasteiger partial charge on any atom is -0.490 e. The Kier molecular flexibility index (Phi) is 11.0. The molecular formula is C32H24Cl4N2O4. The topological polar surface area (TPSA) is 80.6 Å². The van der Waals surface area contributed by atoms with Crippen molar-refractivity contribution in [1.29, 1.82) is 5.26 Å². The van der Waals surface area contributed by atoms with Gasteiger partial charge in [0.05, 0.1) is 11.6 Å². The third-order valence-electron chi connectivity index (χ3n) is 5.83. The maximum atomic E-state index is 12.9. The molecule has 0 saturated heterocycles. The van der Waals surface area contributed by atoms with Crippen molar-refractivity contribution in [1.82, 2.24) is 0 Å². The lowest BCUT2D eigenvalue weighted by Crippen LogP contribution is -2.13. The second kappa shape index (κ2) is 14.9. The van der Waals surface area contributed by atoms with Gasteiger partial charge >= 0.3 is 0 Å². The zero-order chi connectivity index (χ0) is 30.1. The lowest BCUT2D eigenvalue weighted by atomic mass is 10.1. The molecule has 214 valence electrons. The number of hydrogen-bond acceptors (Lipinski definition) is 5. The Morgan fingerprint density at radius 1 is 0.833 bits per heavy atom. The smallest absolute Gasteiger partial charge is 0.266 e. The van der Waals surface area contributed by atoms with Gasteiger partial charge in [0, 0.05) is 26.3 Å². The zero-order valence-electron chi connectivity index (χ0n) is 22.3. The first kappa shape index (κ1) is 31.1. The predicted octanol–water partition coefficient (Wildman–Crippen LogP) is 9.40. The van der Waals surface area contributed by atoms with Crippen molar-refractivity contribution in [2.75, 3.05) is 11.9 Å². The van der Waals surface area contributed by atoms with E-state index in [1.54, 1.807) is 66.7 Å². The number of benzene rings is 4. The van der Waals surface area contributed by atoms with E-state index in [4.69, 9.17) is 60.6 Å². The molecular weight excluding hydrogens is 618 g/mol. The van der Waals surface area contributed by atoms with Gasteiger partial charge in [-0.2, -0.15) is 5.26 Å². The Bertz CT molecular complexity index is 1630. The molecule has 0 aromatic heterocycles. The van der Waals surface area contributed by atoms with Gasteiger partial charge in [-0.3, -0.25) is 4.79 Å². The van der Waals surface area contributed by atoms with Crippen LogP contribution in [-0.2, 0) is 18.0 Å². The summed E-state index contributed by atoms with van der Waals surface area (Å²) in [5, 5.41) is 14.4. The zero-order valence-corrected chi connectivity index (χ0v) is 25.3. The molecule has 0 saturated carbocycles. The summed E-state index contributed by atoms with van der Waals surface area (Å²) in [5.74, 6) is 0.732. The molecule has 0 aliphatic heterocycles. The highest BCUT2D eigenvalue weighted by Gasteiger charge is 2.15. The van der Waals surface area contributed by atoms with Gasteiger partial charge in [-0.05, 0) is 84.8 Å². The quantitative estimate of drug-likeness (QED) is 0.130. The van der Waals surface area contributed by atoms with E-state index in [-0.39, 0.29) is 23.8 Å². The Labute approximate surface area is 263 Å². The van der Waals surface area contributed by atoms with Crippen molar-refractivity contribution in [2.45, 2.75) is 20.1 Å². The van der Waals surface area contributed by atoms with Crippen LogP contribution in [0.2, 0.25) is 20.1 Å². The normalized spacial score (nSPS) is 11.0. The molecule has 0 atom stereocenters. The minimum absolute atomic E-state index is 0.124. The van der Waals surface area contributed by atoms with E-state index in [2.05, 4.69) is 5.32 Å². The van der Waals surface area contributed by atoms with E-state index in [1.165, 1.54) is 6.08 Å². The SMILES string of the molecule is CCOc1cc(/C=C(\C#N)C(=O)Nc2ccc(OCc3ccc(Cl)cc3Cl)cc2)cc(Cl)c1OCc1ccc(Cl)cc1. The number of anilines is 1. The summed E-state index contributed by atoms with van der Waals surface area (Å²) in [6.45, 7) is 2.69. The average Bonchev–Trinajstić information content (AvgIpc) is 2.97. The van der Waals surface area contributed by atoms with Crippen LogP contribution in [0.5, 0.6) is 17.2 Å². The number of halogens is 4. The van der Waals surface area contributed by atoms with Crippen LogP contribution in [-0.4, -0.2) is 12.5 Å². The summed E-state index contributed by atoms with van der Waals surface area (Å²) in [4.78, 5) is 12.9. The summed E-state index contributed by atoms with van der Waals surface area (Å²) >= 11 is 24.6. The standard InChI is InChI=1S/C32H24Cl4N2O4/c1-2-40-30-15-21(14-29(36)31(30)42-18-20-3-6-24(33)7-4-20)13-23(17-37)32(39)38-26-9-11-27(12-10-26)41-19-22-5-8-25(34)16-28(22)35/h3-16H,2,18-19H2,1H3,(H,38,39)/b23-13+. The van der Waals surface area contributed by atoms with Crippen molar-refractivity contribution < 1.29 is 19.0 Å². The summed E-state index contributed by atoms with van der Waals surface area (Å²) in [6.07, 6.45) is 1.43. The fourth-order valence-corrected chi connectivity index (χ4v) is 4.62. The maximum Gasteiger partial charge on any atom is 0.266 e. The summed E-state index contributed by atoms with van der Waals surface area (Å²) in [6, 6.07) is 24.4. The van der Waals surface area contributed by atoms with Crippen LogP contribution < -0.4 is 19.5 Å². The first-order chi connectivity index (χ1) is 20.2. The van der Waals surface area contributed by atoms with Crippen LogP contribution in [0.25, 0.3) is 6.08 Å². The number of hydrogen-bond donors (Lipinski definition) is 1. The van der Waals surface area contributed by atoms with Gasteiger partial charge in [0.2, 0.25) is 0 Å². The molecule has 0 radical (unpaired) electrons. The van der Waals surface area contributed by atoms with Crippen molar-refractivity contribution in [3.05, 3.63) is 121 Å². The van der Waals surface area contributed by atoms with Crippen molar-refractivity contribution in [3.8, 4) is 23.3 Å². The largest absolute Gasteiger partial charge is 0.490 e. The van der Waals surface area contributed by atoms with Gasteiger partial charge in [-0.1, -0.05) is 64.6 Å². The average molecular weight is 642 g/mol. The van der Waals surface area contributed by atoms with Gasteiger partial charge < -0.3 is 19.5 Å². The number of ether oxygens (including phenoxy) is 3. The number of carbonyl (C=O) groups is 1. The molecule has 0 heterocycles.